The average Bonchev–Trinajstić information content (AvgIpc) is 2.94. The van der Waals surface area contributed by atoms with Crippen molar-refractivity contribution in [1.82, 2.24) is 24.6 Å². The molecule has 1 amide bonds. The third kappa shape index (κ3) is 2.79. The van der Waals surface area contributed by atoms with Crippen LogP contribution in [0.15, 0.2) is 24.9 Å². The number of amides is 1. The molecule has 8 heteroatoms. The minimum atomic E-state index is -1.16. The molecule has 0 saturated carbocycles. The Kier molecular flexibility index (Phi) is 3.32. The summed E-state index contributed by atoms with van der Waals surface area (Å²) in [5.41, 5.74) is 0.567. The molecule has 0 radical (unpaired) electrons. The maximum Gasteiger partial charge on any atom is 0.331 e. The van der Waals surface area contributed by atoms with Crippen LogP contribution in [0.5, 0.6) is 0 Å². The molecule has 1 atom stereocenters. The monoisotopic (exact) mass is 263 g/mol. The van der Waals surface area contributed by atoms with Crippen LogP contribution in [0.4, 0.5) is 0 Å². The van der Waals surface area contributed by atoms with Crippen LogP contribution >= 0.6 is 0 Å². The summed E-state index contributed by atoms with van der Waals surface area (Å²) in [6.07, 6.45) is 5.92. The van der Waals surface area contributed by atoms with E-state index in [0.717, 1.165) is 0 Å². The fourth-order valence-electron chi connectivity index (χ4n) is 1.61. The summed E-state index contributed by atoms with van der Waals surface area (Å²) >= 11 is 0. The van der Waals surface area contributed by atoms with Gasteiger partial charge in [0.2, 0.25) is 0 Å². The van der Waals surface area contributed by atoms with E-state index < -0.39 is 17.9 Å². The van der Waals surface area contributed by atoms with Crippen LogP contribution in [-0.4, -0.2) is 36.3 Å². The first kappa shape index (κ1) is 12.8. The Morgan fingerprint density at radius 2 is 2.11 bits per heavy atom. The number of nitrogens with zero attached hydrogens (tertiary/aromatic N) is 4. The van der Waals surface area contributed by atoms with E-state index in [0.29, 0.717) is 5.56 Å². The van der Waals surface area contributed by atoms with Gasteiger partial charge >= 0.3 is 5.97 Å². The third-order valence-corrected chi connectivity index (χ3v) is 2.52. The number of imidazole rings is 1. The molecule has 8 nitrogen and oxygen atoms in total. The van der Waals surface area contributed by atoms with Crippen molar-refractivity contribution in [2.45, 2.75) is 6.04 Å². The zero-order valence-corrected chi connectivity index (χ0v) is 10.4. The molecule has 0 aliphatic carbocycles. The van der Waals surface area contributed by atoms with Crippen molar-refractivity contribution in [2.75, 3.05) is 0 Å². The second kappa shape index (κ2) is 4.92. The van der Waals surface area contributed by atoms with Crippen LogP contribution in [0.2, 0.25) is 0 Å². The quantitative estimate of drug-likeness (QED) is 0.789. The Morgan fingerprint density at radius 3 is 2.58 bits per heavy atom. The molecule has 2 rings (SSSR count). The predicted molar refractivity (Wildman–Crippen MR) is 64.3 cm³/mol. The topological polar surface area (TPSA) is 102 Å². The lowest BCUT2D eigenvalue weighted by Crippen LogP contribution is -2.33. The van der Waals surface area contributed by atoms with Crippen molar-refractivity contribution in [3.8, 4) is 0 Å². The van der Waals surface area contributed by atoms with Crippen LogP contribution in [0.1, 0.15) is 22.1 Å². The van der Waals surface area contributed by atoms with Crippen molar-refractivity contribution < 1.29 is 14.7 Å². The van der Waals surface area contributed by atoms with Gasteiger partial charge in [0.1, 0.15) is 5.69 Å². The normalized spacial score (nSPS) is 12.1. The van der Waals surface area contributed by atoms with Gasteiger partial charge in [-0.15, -0.1) is 0 Å². The molecule has 0 fully saturated rings. The lowest BCUT2D eigenvalue weighted by molar-refractivity contribution is -0.139. The number of hydrogen-bond acceptors (Lipinski definition) is 4. The van der Waals surface area contributed by atoms with Gasteiger partial charge in [0.15, 0.2) is 6.04 Å². The molecule has 19 heavy (non-hydrogen) atoms. The second-order valence-electron chi connectivity index (χ2n) is 4.12. The summed E-state index contributed by atoms with van der Waals surface area (Å²) in [5.74, 6) is -1.70. The van der Waals surface area contributed by atoms with Crippen molar-refractivity contribution >= 4 is 11.9 Å². The van der Waals surface area contributed by atoms with E-state index in [1.54, 1.807) is 18.7 Å². The second-order valence-corrected chi connectivity index (χ2v) is 4.12. The van der Waals surface area contributed by atoms with Crippen LogP contribution in [0.25, 0.3) is 0 Å². The number of carbonyl (C=O) groups excluding carboxylic acids is 1. The maximum atomic E-state index is 11.9. The van der Waals surface area contributed by atoms with E-state index in [-0.39, 0.29) is 5.69 Å². The van der Waals surface area contributed by atoms with Gasteiger partial charge in [-0.05, 0) is 0 Å². The molecule has 2 N–H and O–H groups in total. The van der Waals surface area contributed by atoms with Crippen molar-refractivity contribution in [3.05, 3.63) is 36.2 Å². The number of rotatable bonds is 4. The van der Waals surface area contributed by atoms with Crippen LogP contribution in [0.3, 0.4) is 0 Å². The first-order chi connectivity index (χ1) is 8.97. The average molecular weight is 263 g/mol. The van der Waals surface area contributed by atoms with Crippen LogP contribution in [0, 0.1) is 0 Å². The summed E-state index contributed by atoms with van der Waals surface area (Å²) in [5, 5.41) is 15.5. The van der Waals surface area contributed by atoms with E-state index in [2.05, 4.69) is 15.4 Å². The van der Waals surface area contributed by atoms with Gasteiger partial charge in [-0.1, -0.05) is 0 Å². The maximum absolute atomic E-state index is 11.9. The first-order valence-corrected chi connectivity index (χ1v) is 5.47. The summed E-state index contributed by atoms with van der Waals surface area (Å²) in [4.78, 5) is 26.9. The summed E-state index contributed by atoms with van der Waals surface area (Å²) in [7, 11) is 3.39. The van der Waals surface area contributed by atoms with Gasteiger partial charge in [0.05, 0.1) is 12.5 Å². The van der Waals surface area contributed by atoms with Gasteiger partial charge in [-0.2, -0.15) is 5.10 Å². The lowest BCUT2D eigenvalue weighted by Gasteiger charge is -2.11. The van der Waals surface area contributed by atoms with E-state index >= 15 is 0 Å². The molecular formula is C11H13N5O3. The number of carboxylic acid groups (broad SMARTS) is 1. The van der Waals surface area contributed by atoms with Gasteiger partial charge < -0.3 is 15.0 Å². The fourth-order valence-corrected chi connectivity index (χ4v) is 1.61. The van der Waals surface area contributed by atoms with Gasteiger partial charge in [-0.25, -0.2) is 9.78 Å². The van der Waals surface area contributed by atoms with E-state index in [1.165, 1.54) is 29.6 Å². The molecule has 2 aromatic heterocycles. The smallest absolute Gasteiger partial charge is 0.331 e. The Balaban J connectivity index is 2.18. The molecule has 2 aromatic rings. The molecule has 2 heterocycles. The molecule has 0 saturated heterocycles. The molecule has 0 spiro atoms. The largest absolute Gasteiger partial charge is 0.479 e. The molecule has 1 unspecified atom stereocenters. The molecule has 0 aliphatic heterocycles. The number of aliphatic carboxylic acids is 1. The van der Waals surface area contributed by atoms with E-state index in [1.807, 2.05) is 0 Å². The minimum absolute atomic E-state index is 0.164. The summed E-state index contributed by atoms with van der Waals surface area (Å²) in [6, 6.07) is -1.15. The highest BCUT2D eigenvalue weighted by atomic mass is 16.4. The standard InChI is InChI=1S/C11H13N5O3/c1-15-5-8(12-6-15)10(17)14-9(11(18)19)7-3-13-16(2)4-7/h3-6,9H,1-2H3,(H,14,17)(H,18,19). The predicted octanol–water partition coefficient (Wildman–Crippen LogP) is -0.291. The molecular weight excluding hydrogens is 250 g/mol. The Bertz CT molecular complexity index is 615. The first-order valence-electron chi connectivity index (χ1n) is 5.47. The fraction of sp³-hybridized carbons (Fsp3) is 0.273. The van der Waals surface area contributed by atoms with E-state index in [9.17, 15) is 9.59 Å². The number of carboxylic acids is 1. The summed E-state index contributed by atoms with van der Waals surface area (Å²) in [6.45, 7) is 0. The molecule has 100 valence electrons. The number of nitrogens with one attached hydrogen (secondary N) is 1. The molecule has 0 aliphatic rings. The zero-order valence-electron chi connectivity index (χ0n) is 10.4. The van der Waals surface area contributed by atoms with Crippen LogP contribution in [-0.2, 0) is 18.9 Å². The lowest BCUT2D eigenvalue weighted by atomic mass is 10.1. The number of aromatic nitrogens is 4. The van der Waals surface area contributed by atoms with E-state index in [4.69, 9.17) is 5.11 Å². The minimum Gasteiger partial charge on any atom is -0.479 e. The highest BCUT2D eigenvalue weighted by Gasteiger charge is 2.24. The van der Waals surface area contributed by atoms with Gasteiger partial charge in [0.25, 0.3) is 5.91 Å². The Labute approximate surface area is 108 Å². The van der Waals surface area contributed by atoms with Gasteiger partial charge in [-0.3, -0.25) is 9.48 Å². The third-order valence-electron chi connectivity index (χ3n) is 2.52. The number of aryl methyl sites for hydroxylation is 2. The SMILES string of the molecule is Cn1cnc(C(=O)NC(C(=O)O)c2cnn(C)c2)c1. The molecule has 0 bridgehead atoms. The zero-order chi connectivity index (χ0) is 14.0. The Hall–Kier alpha value is -2.64. The van der Waals surface area contributed by atoms with Crippen molar-refractivity contribution in [2.24, 2.45) is 14.1 Å². The Morgan fingerprint density at radius 1 is 1.37 bits per heavy atom. The van der Waals surface area contributed by atoms with Crippen LogP contribution < -0.4 is 5.32 Å². The van der Waals surface area contributed by atoms with Gasteiger partial charge in [0, 0.05) is 32.1 Å². The molecule has 0 aromatic carbocycles. The highest BCUT2D eigenvalue weighted by molar-refractivity contribution is 5.95. The van der Waals surface area contributed by atoms with Crippen molar-refractivity contribution in [3.63, 3.8) is 0 Å². The van der Waals surface area contributed by atoms with Crippen molar-refractivity contribution in [1.29, 1.82) is 0 Å². The summed E-state index contributed by atoms with van der Waals surface area (Å²) < 4.78 is 3.08. The number of hydrogen-bond donors (Lipinski definition) is 2. The highest BCUT2D eigenvalue weighted by Crippen LogP contribution is 2.12. The number of carbonyl (C=O) groups is 2.